The highest BCUT2D eigenvalue weighted by Crippen LogP contribution is 2.16. The molecule has 3 N–H and O–H groups in total. The summed E-state index contributed by atoms with van der Waals surface area (Å²) in [5.41, 5.74) is 6.97. The highest BCUT2D eigenvalue weighted by Gasteiger charge is 2.12. The molecule has 0 radical (unpaired) electrons. The summed E-state index contributed by atoms with van der Waals surface area (Å²) in [6.07, 6.45) is 0. The average Bonchev–Trinajstić information content (AvgIpc) is 2.89. The van der Waals surface area contributed by atoms with Gasteiger partial charge in [-0.3, -0.25) is 4.79 Å². The lowest BCUT2D eigenvalue weighted by atomic mass is 10.1. The lowest BCUT2D eigenvalue weighted by Crippen LogP contribution is -2.23. The van der Waals surface area contributed by atoms with Crippen LogP contribution in [0.2, 0.25) is 0 Å². The molecule has 0 aliphatic heterocycles. The van der Waals surface area contributed by atoms with Crippen LogP contribution < -0.4 is 11.1 Å². The Labute approximate surface area is 127 Å². The van der Waals surface area contributed by atoms with Gasteiger partial charge in [0, 0.05) is 10.4 Å². The predicted octanol–water partition coefficient (Wildman–Crippen LogP) is 2.44. The fraction of sp³-hybridized carbons (Fsp3) is 0.188. The molecule has 0 saturated carbocycles. The van der Waals surface area contributed by atoms with Crippen molar-refractivity contribution >= 4 is 17.2 Å². The number of thiophene rings is 1. The summed E-state index contributed by atoms with van der Waals surface area (Å²) in [5, 5.41) is 4.68. The minimum Gasteiger partial charge on any atom is -0.347 e. The van der Waals surface area contributed by atoms with Crippen LogP contribution >= 0.6 is 11.3 Å². The summed E-state index contributed by atoms with van der Waals surface area (Å²) < 4.78 is 13.8. The van der Waals surface area contributed by atoms with Crippen molar-refractivity contribution in [2.24, 2.45) is 5.73 Å². The maximum atomic E-state index is 13.8. The first-order valence-corrected chi connectivity index (χ1v) is 7.29. The molecule has 0 spiro atoms. The van der Waals surface area contributed by atoms with Gasteiger partial charge in [-0.1, -0.05) is 11.8 Å². The van der Waals surface area contributed by atoms with Crippen molar-refractivity contribution in [3.63, 3.8) is 0 Å². The first-order chi connectivity index (χ1) is 10.1. The molecule has 1 heterocycles. The molecule has 0 unspecified atom stereocenters. The average molecular weight is 302 g/mol. The summed E-state index contributed by atoms with van der Waals surface area (Å²) >= 11 is 1.56. The molecule has 0 aliphatic rings. The first kappa shape index (κ1) is 15.2. The van der Waals surface area contributed by atoms with Gasteiger partial charge in [0.1, 0.15) is 5.82 Å². The summed E-state index contributed by atoms with van der Waals surface area (Å²) in [6, 6.07) is 6.19. The third-order valence-electron chi connectivity index (χ3n) is 2.92. The SMILES string of the molecule is Cc1ccsc1CNC(=O)c1cc(C#CCN)ccc1F. The topological polar surface area (TPSA) is 55.1 Å². The number of amides is 1. The highest BCUT2D eigenvalue weighted by atomic mass is 32.1. The van der Waals surface area contributed by atoms with E-state index in [9.17, 15) is 9.18 Å². The highest BCUT2D eigenvalue weighted by molar-refractivity contribution is 7.10. The van der Waals surface area contributed by atoms with Gasteiger partial charge in [0.25, 0.3) is 5.91 Å². The molecule has 1 aromatic heterocycles. The molecule has 108 valence electrons. The van der Waals surface area contributed by atoms with Gasteiger partial charge in [0.2, 0.25) is 0 Å². The van der Waals surface area contributed by atoms with Crippen molar-refractivity contribution < 1.29 is 9.18 Å². The molecule has 1 amide bonds. The van der Waals surface area contributed by atoms with E-state index in [4.69, 9.17) is 5.73 Å². The molecular weight excluding hydrogens is 287 g/mol. The molecule has 0 bridgehead atoms. The first-order valence-electron chi connectivity index (χ1n) is 6.41. The third-order valence-corrected chi connectivity index (χ3v) is 3.95. The number of carbonyl (C=O) groups excluding carboxylic acids is 1. The largest absolute Gasteiger partial charge is 0.347 e. The maximum Gasteiger partial charge on any atom is 0.254 e. The second-order valence-corrected chi connectivity index (χ2v) is 5.41. The van der Waals surface area contributed by atoms with Crippen molar-refractivity contribution in [2.75, 3.05) is 6.54 Å². The van der Waals surface area contributed by atoms with Crippen LogP contribution in [-0.4, -0.2) is 12.5 Å². The number of nitrogens with two attached hydrogens (primary N) is 1. The molecule has 21 heavy (non-hydrogen) atoms. The van der Waals surface area contributed by atoms with E-state index < -0.39 is 11.7 Å². The molecule has 0 aliphatic carbocycles. The Kier molecular flexibility index (Phi) is 5.09. The molecule has 1 aromatic carbocycles. The zero-order chi connectivity index (χ0) is 15.2. The maximum absolute atomic E-state index is 13.8. The van der Waals surface area contributed by atoms with E-state index in [2.05, 4.69) is 17.2 Å². The van der Waals surface area contributed by atoms with Crippen molar-refractivity contribution in [1.29, 1.82) is 0 Å². The summed E-state index contributed by atoms with van der Waals surface area (Å²) in [7, 11) is 0. The van der Waals surface area contributed by atoms with Gasteiger partial charge in [0.15, 0.2) is 0 Å². The number of hydrogen-bond donors (Lipinski definition) is 2. The zero-order valence-corrected chi connectivity index (χ0v) is 12.4. The van der Waals surface area contributed by atoms with Gasteiger partial charge in [-0.2, -0.15) is 0 Å². The fourth-order valence-electron chi connectivity index (χ4n) is 1.77. The lowest BCUT2D eigenvalue weighted by Gasteiger charge is -2.06. The molecule has 2 rings (SSSR count). The molecule has 5 heteroatoms. The third kappa shape index (κ3) is 3.91. The Morgan fingerprint density at radius 3 is 2.90 bits per heavy atom. The van der Waals surface area contributed by atoms with Crippen LogP contribution in [0.3, 0.4) is 0 Å². The fourth-order valence-corrected chi connectivity index (χ4v) is 2.62. The molecule has 0 atom stereocenters. The van der Waals surface area contributed by atoms with Crippen LogP contribution in [-0.2, 0) is 6.54 Å². The van der Waals surface area contributed by atoms with Crippen LogP contribution in [0.25, 0.3) is 0 Å². The van der Waals surface area contributed by atoms with Gasteiger partial charge in [-0.15, -0.1) is 11.3 Å². The minimum atomic E-state index is -0.561. The normalized spacial score (nSPS) is 9.86. The molecule has 0 saturated heterocycles. The van der Waals surface area contributed by atoms with E-state index in [-0.39, 0.29) is 12.1 Å². The number of benzene rings is 1. The number of rotatable bonds is 3. The number of carbonyl (C=O) groups is 1. The van der Waals surface area contributed by atoms with Crippen LogP contribution in [0, 0.1) is 24.6 Å². The van der Waals surface area contributed by atoms with E-state index >= 15 is 0 Å². The Balaban J connectivity index is 2.13. The molecule has 3 nitrogen and oxygen atoms in total. The van der Waals surface area contributed by atoms with Gasteiger partial charge >= 0.3 is 0 Å². The summed E-state index contributed by atoms with van der Waals surface area (Å²) in [5.74, 6) is 4.45. The number of halogens is 1. The van der Waals surface area contributed by atoms with Crippen LogP contribution in [0.15, 0.2) is 29.6 Å². The van der Waals surface area contributed by atoms with Gasteiger partial charge < -0.3 is 11.1 Å². The van der Waals surface area contributed by atoms with E-state index in [0.29, 0.717) is 12.1 Å². The number of nitrogens with one attached hydrogen (secondary N) is 1. The Morgan fingerprint density at radius 2 is 2.24 bits per heavy atom. The van der Waals surface area contributed by atoms with Gasteiger partial charge in [-0.05, 0) is 42.1 Å². The van der Waals surface area contributed by atoms with Crippen molar-refractivity contribution in [3.8, 4) is 11.8 Å². The van der Waals surface area contributed by atoms with Crippen molar-refractivity contribution in [1.82, 2.24) is 5.32 Å². The van der Waals surface area contributed by atoms with Gasteiger partial charge in [0.05, 0.1) is 18.7 Å². The second-order valence-electron chi connectivity index (χ2n) is 4.41. The van der Waals surface area contributed by atoms with Crippen molar-refractivity contribution in [2.45, 2.75) is 13.5 Å². The molecule has 2 aromatic rings. The standard InChI is InChI=1S/C16H15FN2OS/c1-11-6-8-21-15(11)10-19-16(20)13-9-12(3-2-7-18)4-5-14(13)17/h4-6,8-9H,7,10,18H2,1H3,(H,19,20). The van der Waals surface area contributed by atoms with E-state index in [1.54, 1.807) is 11.3 Å². The van der Waals surface area contributed by atoms with Crippen LogP contribution in [0.4, 0.5) is 4.39 Å². The summed E-state index contributed by atoms with van der Waals surface area (Å²) in [4.78, 5) is 13.1. The van der Waals surface area contributed by atoms with Crippen LogP contribution in [0.1, 0.15) is 26.4 Å². The lowest BCUT2D eigenvalue weighted by molar-refractivity contribution is 0.0947. The zero-order valence-electron chi connectivity index (χ0n) is 11.6. The monoisotopic (exact) mass is 302 g/mol. The second kappa shape index (κ2) is 7.02. The number of hydrogen-bond acceptors (Lipinski definition) is 3. The summed E-state index contributed by atoms with van der Waals surface area (Å²) in [6.45, 7) is 2.58. The van der Waals surface area contributed by atoms with E-state index in [0.717, 1.165) is 10.4 Å². The number of aryl methyl sites for hydroxylation is 1. The molecule has 0 fully saturated rings. The predicted molar refractivity (Wildman–Crippen MR) is 82.6 cm³/mol. The van der Waals surface area contributed by atoms with Gasteiger partial charge in [-0.25, -0.2) is 4.39 Å². The Hall–Kier alpha value is -2.16. The Bertz CT molecular complexity index is 713. The van der Waals surface area contributed by atoms with Crippen molar-refractivity contribution in [3.05, 3.63) is 57.0 Å². The van der Waals surface area contributed by atoms with Crippen LogP contribution in [0.5, 0.6) is 0 Å². The quantitative estimate of drug-likeness (QED) is 0.856. The molecular formula is C16H15FN2OS. The van der Waals surface area contributed by atoms with E-state index in [1.807, 2.05) is 18.4 Å². The smallest absolute Gasteiger partial charge is 0.254 e. The Morgan fingerprint density at radius 1 is 1.43 bits per heavy atom. The minimum absolute atomic E-state index is 0.00645. The van der Waals surface area contributed by atoms with E-state index in [1.165, 1.54) is 18.2 Å².